The Morgan fingerprint density at radius 3 is 2.05 bits per heavy atom. The molecule has 0 atom stereocenters. The van der Waals surface area contributed by atoms with Crippen LogP contribution in [0.15, 0.2) is 18.2 Å². The van der Waals surface area contributed by atoms with Crippen molar-refractivity contribution in [3.63, 3.8) is 0 Å². The van der Waals surface area contributed by atoms with Gasteiger partial charge in [0, 0.05) is 11.6 Å². The van der Waals surface area contributed by atoms with E-state index < -0.39 is 40.2 Å². The number of benzene rings is 2. The van der Waals surface area contributed by atoms with Gasteiger partial charge in [0.1, 0.15) is 11.6 Å². The molecule has 0 bridgehead atoms. The summed E-state index contributed by atoms with van der Waals surface area (Å²) in [5.41, 5.74) is 3.55. The summed E-state index contributed by atoms with van der Waals surface area (Å²) in [4.78, 5) is 0. The Hall–Kier alpha value is -1.82. The second-order valence-corrected chi connectivity index (χ2v) is 4.10. The van der Waals surface area contributed by atoms with E-state index in [0.29, 0.717) is 0 Å². The SMILES string of the molecule is Nc1cc(-c2c(F)cc(F)c(F)c2F)c(F)cc1Cl. The Balaban J connectivity index is 2.80. The number of hydrogen-bond donors (Lipinski definition) is 1. The summed E-state index contributed by atoms with van der Waals surface area (Å²) in [6.45, 7) is 0. The number of rotatable bonds is 1. The van der Waals surface area contributed by atoms with Gasteiger partial charge in [-0.1, -0.05) is 11.6 Å². The first-order valence-electron chi connectivity index (χ1n) is 4.90. The zero-order valence-corrected chi connectivity index (χ0v) is 9.83. The maximum absolute atomic E-state index is 13.6. The molecule has 0 spiro atoms. The first-order valence-corrected chi connectivity index (χ1v) is 5.28. The van der Waals surface area contributed by atoms with Crippen LogP contribution in [0.4, 0.5) is 27.6 Å². The zero-order valence-electron chi connectivity index (χ0n) is 9.08. The lowest BCUT2D eigenvalue weighted by molar-refractivity contribution is 0.436. The van der Waals surface area contributed by atoms with E-state index in [4.69, 9.17) is 17.3 Å². The minimum atomic E-state index is -1.90. The van der Waals surface area contributed by atoms with Gasteiger partial charge in [-0.15, -0.1) is 0 Å². The standard InChI is InChI=1S/C12H5ClF5N/c13-5-2-6(14)4(1-9(5)19)10-7(15)3-8(16)11(17)12(10)18/h1-3H,19H2. The van der Waals surface area contributed by atoms with Gasteiger partial charge in [0.05, 0.1) is 16.3 Å². The summed E-state index contributed by atoms with van der Waals surface area (Å²) >= 11 is 5.52. The molecular weight excluding hydrogens is 289 g/mol. The van der Waals surface area contributed by atoms with Crippen LogP contribution < -0.4 is 5.73 Å². The summed E-state index contributed by atoms with van der Waals surface area (Å²) in [6, 6.07) is 1.70. The molecule has 2 aromatic carbocycles. The Kier molecular flexibility index (Phi) is 3.36. The van der Waals surface area contributed by atoms with Crippen LogP contribution in [0.5, 0.6) is 0 Å². The molecule has 100 valence electrons. The van der Waals surface area contributed by atoms with Crippen LogP contribution in [0.3, 0.4) is 0 Å². The largest absolute Gasteiger partial charge is 0.398 e. The normalized spacial score (nSPS) is 10.8. The summed E-state index contributed by atoms with van der Waals surface area (Å²) in [5.74, 6) is -8.00. The predicted octanol–water partition coefficient (Wildman–Crippen LogP) is 4.28. The Bertz CT molecular complexity index is 672. The van der Waals surface area contributed by atoms with Crippen LogP contribution in [0.25, 0.3) is 11.1 Å². The van der Waals surface area contributed by atoms with Crippen LogP contribution in [-0.4, -0.2) is 0 Å². The van der Waals surface area contributed by atoms with E-state index in [1.807, 2.05) is 0 Å². The van der Waals surface area contributed by atoms with Crippen LogP contribution in [0.1, 0.15) is 0 Å². The van der Waals surface area contributed by atoms with Gasteiger partial charge in [0.25, 0.3) is 0 Å². The van der Waals surface area contributed by atoms with Crippen molar-refractivity contribution in [1.29, 1.82) is 0 Å². The summed E-state index contributed by atoms with van der Waals surface area (Å²) in [7, 11) is 0. The predicted molar refractivity (Wildman–Crippen MR) is 61.1 cm³/mol. The highest BCUT2D eigenvalue weighted by Gasteiger charge is 2.23. The smallest absolute Gasteiger partial charge is 0.195 e. The Labute approximate surface area is 109 Å². The molecule has 0 saturated heterocycles. The fraction of sp³-hybridized carbons (Fsp3) is 0. The van der Waals surface area contributed by atoms with E-state index in [-0.39, 0.29) is 16.8 Å². The minimum Gasteiger partial charge on any atom is -0.398 e. The molecule has 2 N–H and O–H groups in total. The monoisotopic (exact) mass is 293 g/mol. The highest BCUT2D eigenvalue weighted by Crippen LogP contribution is 2.34. The van der Waals surface area contributed by atoms with E-state index in [1.54, 1.807) is 0 Å². The Morgan fingerprint density at radius 1 is 0.789 bits per heavy atom. The topological polar surface area (TPSA) is 26.0 Å². The number of hydrogen-bond acceptors (Lipinski definition) is 1. The molecule has 0 aliphatic carbocycles. The van der Waals surface area contributed by atoms with Crippen molar-refractivity contribution in [2.45, 2.75) is 0 Å². The van der Waals surface area contributed by atoms with E-state index >= 15 is 0 Å². The van der Waals surface area contributed by atoms with Gasteiger partial charge >= 0.3 is 0 Å². The second-order valence-electron chi connectivity index (χ2n) is 3.70. The van der Waals surface area contributed by atoms with Crippen molar-refractivity contribution in [2.24, 2.45) is 0 Å². The van der Waals surface area contributed by atoms with Gasteiger partial charge in [-0.2, -0.15) is 0 Å². The lowest BCUT2D eigenvalue weighted by Gasteiger charge is -2.09. The zero-order chi connectivity index (χ0) is 14.3. The minimum absolute atomic E-state index is 0.123. The highest BCUT2D eigenvalue weighted by molar-refractivity contribution is 6.33. The Morgan fingerprint density at radius 2 is 1.42 bits per heavy atom. The number of halogens is 6. The molecule has 0 aliphatic rings. The summed E-state index contributed by atoms with van der Waals surface area (Å²) < 4.78 is 66.5. The van der Waals surface area contributed by atoms with Gasteiger partial charge in [0.15, 0.2) is 17.5 Å². The number of nitrogens with two attached hydrogens (primary N) is 1. The van der Waals surface area contributed by atoms with E-state index in [9.17, 15) is 22.0 Å². The molecule has 0 radical (unpaired) electrons. The lowest BCUT2D eigenvalue weighted by Crippen LogP contribution is -2.01. The molecule has 1 nitrogen and oxygen atoms in total. The van der Waals surface area contributed by atoms with Crippen molar-refractivity contribution in [3.8, 4) is 11.1 Å². The maximum atomic E-state index is 13.6. The molecule has 0 aromatic heterocycles. The van der Waals surface area contributed by atoms with Gasteiger partial charge in [-0.05, 0) is 12.1 Å². The van der Waals surface area contributed by atoms with Gasteiger partial charge in [-0.25, -0.2) is 22.0 Å². The summed E-state index contributed by atoms with van der Waals surface area (Å²) in [5, 5.41) is -0.162. The molecule has 0 amide bonds. The molecule has 7 heteroatoms. The fourth-order valence-corrected chi connectivity index (χ4v) is 1.72. The van der Waals surface area contributed by atoms with Gasteiger partial charge < -0.3 is 5.73 Å². The summed E-state index contributed by atoms with van der Waals surface area (Å²) in [6.07, 6.45) is 0. The van der Waals surface area contributed by atoms with Crippen LogP contribution in [0, 0.1) is 29.1 Å². The van der Waals surface area contributed by atoms with Crippen molar-refractivity contribution < 1.29 is 22.0 Å². The quantitative estimate of drug-likeness (QED) is 0.361. The van der Waals surface area contributed by atoms with E-state index in [0.717, 1.165) is 12.1 Å². The molecule has 0 heterocycles. The average Bonchev–Trinajstić information content (AvgIpc) is 2.33. The third-order valence-electron chi connectivity index (χ3n) is 2.47. The van der Waals surface area contributed by atoms with Gasteiger partial charge in [-0.3, -0.25) is 0 Å². The number of anilines is 1. The first kappa shape index (κ1) is 13.6. The molecule has 0 unspecified atom stereocenters. The van der Waals surface area contributed by atoms with Gasteiger partial charge in [0.2, 0.25) is 0 Å². The van der Waals surface area contributed by atoms with Crippen molar-refractivity contribution in [3.05, 3.63) is 52.3 Å². The third-order valence-corrected chi connectivity index (χ3v) is 2.80. The molecular formula is C12H5ClF5N. The molecule has 0 fully saturated rings. The van der Waals surface area contributed by atoms with E-state index in [1.165, 1.54) is 0 Å². The molecule has 2 aromatic rings. The van der Waals surface area contributed by atoms with E-state index in [2.05, 4.69) is 0 Å². The van der Waals surface area contributed by atoms with Crippen LogP contribution in [0.2, 0.25) is 5.02 Å². The molecule has 0 aliphatic heterocycles. The van der Waals surface area contributed by atoms with Crippen molar-refractivity contribution in [2.75, 3.05) is 5.73 Å². The molecule has 19 heavy (non-hydrogen) atoms. The van der Waals surface area contributed by atoms with Crippen molar-refractivity contribution in [1.82, 2.24) is 0 Å². The molecule has 0 saturated carbocycles. The lowest BCUT2D eigenvalue weighted by atomic mass is 10.0. The molecule has 2 rings (SSSR count). The van der Waals surface area contributed by atoms with Crippen LogP contribution >= 0.6 is 11.6 Å². The first-order chi connectivity index (χ1) is 8.82. The highest BCUT2D eigenvalue weighted by atomic mass is 35.5. The van der Waals surface area contributed by atoms with Crippen molar-refractivity contribution >= 4 is 17.3 Å². The maximum Gasteiger partial charge on any atom is 0.195 e. The fourth-order valence-electron chi connectivity index (χ4n) is 1.57. The third kappa shape index (κ3) is 2.23. The average molecular weight is 294 g/mol. The number of nitrogen functional groups attached to an aromatic ring is 1. The second kappa shape index (κ2) is 4.70. The van der Waals surface area contributed by atoms with Crippen LogP contribution in [-0.2, 0) is 0 Å².